The number of hydrogen-bond acceptors (Lipinski definition) is 5. The third-order valence-electron chi connectivity index (χ3n) is 6.46. The molecule has 2 fully saturated rings. The van der Waals surface area contributed by atoms with Crippen LogP contribution >= 0.6 is 0 Å². The van der Waals surface area contributed by atoms with Gasteiger partial charge in [-0.1, -0.05) is 18.6 Å². The van der Waals surface area contributed by atoms with Crippen LogP contribution in [0.1, 0.15) is 42.5 Å². The van der Waals surface area contributed by atoms with E-state index in [4.69, 9.17) is 9.47 Å². The minimum absolute atomic E-state index is 0.00970. The van der Waals surface area contributed by atoms with E-state index in [-0.39, 0.29) is 6.10 Å². The van der Waals surface area contributed by atoms with Gasteiger partial charge in [-0.25, -0.2) is 0 Å². The normalized spacial score (nSPS) is 21.4. The lowest BCUT2D eigenvalue weighted by Crippen LogP contribution is -2.50. The number of benzene rings is 1. The Kier molecular flexibility index (Phi) is 7.65. The van der Waals surface area contributed by atoms with Gasteiger partial charge in [0.25, 0.3) is 0 Å². The quantitative estimate of drug-likeness (QED) is 0.550. The van der Waals surface area contributed by atoms with Crippen molar-refractivity contribution in [2.75, 3.05) is 53.5 Å². The summed E-state index contributed by atoms with van der Waals surface area (Å²) in [7, 11) is 5.51. The highest BCUT2D eigenvalue weighted by molar-refractivity contribution is 5.80. The second kappa shape index (κ2) is 10.8. The van der Waals surface area contributed by atoms with Gasteiger partial charge in [-0.2, -0.15) is 5.10 Å². The molecule has 1 aromatic carbocycles. The topological polar surface area (TPSA) is 67.2 Å². The molecule has 2 saturated heterocycles. The molecule has 0 aliphatic carbocycles. The van der Waals surface area contributed by atoms with Crippen molar-refractivity contribution in [3.8, 4) is 5.75 Å². The van der Waals surface area contributed by atoms with Crippen molar-refractivity contribution >= 4 is 5.96 Å². The number of nitrogens with zero attached hydrogens (tertiary/aromatic N) is 5. The Morgan fingerprint density at radius 3 is 2.66 bits per heavy atom. The van der Waals surface area contributed by atoms with Gasteiger partial charge in [0.2, 0.25) is 0 Å². The Bertz CT molecular complexity index is 875. The van der Waals surface area contributed by atoms with Crippen molar-refractivity contribution in [2.24, 2.45) is 12.0 Å². The van der Waals surface area contributed by atoms with E-state index in [1.165, 1.54) is 24.8 Å². The fourth-order valence-corrected chi connectivity index (χ4v) is 4.68. The number of piperidine rings is 1. The number of morpholine rings is 1. The van der Waals surface area contributed by atoms with Gasteiger partial charge in [0, 0.05) is 38.9 Å². The predicted octanol–water partition coefficient (Wildman–Crippen LogP) is 2.60. The molecule has 2 aliphatic rings. The van der Waals surface area contributed by atoms with Gasteiger partial charge >= 0.3 is 0 Å². The van der Waals surface area contributed by atoms with Crippen LogP contribution in [0.5, 0.6) is 5.75 Å². The Morgan fingerprint density at radius 2 is 2.00 bits per heavy atom. The van der Waals surface area contributed by atoms with E-state index in [2.05, 4.69) is 49.5 Å². The molecule has 1 N–H and O–H groups in total. The maximum Gasteiger partial charge on any atom is 0.193 e. The molecule has 2 aliphatic heterocycles. The second-order valence-corrected chi connectivity index (χ2v) is 8.57. The number of aliphatic imine (C=N–C) groups is 1. The fraction of sp³-hybridized carbons (Fsp3) is 0.583. The molecule has 3 heterocycles. The summed E-state index contributed by atoms with van der Waals surface area (Å²) in [4.78, 5) is 9.49. The predicted molar refractivity (Wildman–Crippen MR) is 126 cm³/mol. The first kappa shape index (κ1) is 22.6. The summed E-state index contributed by atoms with van der Waals surface area (Å²) in [6.45, 7) is 5.35. The summed E-state index contributed by atoms with van der Waals surface area (Å²) in [5.74, 6) is 1.82. The highest BCUT2D eigenvalue weighted by Crippen LogP contribution is 2.26. The van der Waals surface area contributed by atoms with E-state index in [9.17, 15) is 0 Å². The zero-order chi connectivity index (χ0) is 22.3. The Balaban J connectivity index is 1.44. The minimum atomic E-state index is 0.00970. The van der Waals surface area contributed by atoms with Gasteiger partial charge in [-0.05, 0) is 43.6 Å². The molecule has 0 radical (unpaired) electrons. The van der Waals surface area contributed by atoms with Crippen LogP contribution in [0.25, 0.3) is 0 Å². The molecule has 2 atom stereocenters. The average Bonchev–Trinajstić information content (AvgIpc) is 3.29. The zero-order valence-electron chi connectivity index (χ0n) is 19.5. The number of guanidine groups is 1. The van der Waals surface area contributed by atoms with E-state index in [0.717, 1.165) is 50.0 Å². The maximum absolute atomic E-state index is 6.02. The molecule has 2 aromatic rings. The number of likely N-dealkylation sites (tertiary alicyclic amines) is 1. The van der Waals surface area contributed by atoms with E-state index >= 15 is 0 Å². The fourth-order valence-electron chi connectivity index (χ4n) is 4.68. The number of rotatable bonds is 6. The summed E-state index contributed by atoms with van der Waals surface area (Å²) in [5.41, 5.74) is 2.42. The summed E-state index contributed by atoms with van der Waals surface area (Å²) >= 11 is 0. The maximum atomic E-state index is 6.02. The first-order valence-corrected chi connectivity index (χ1v) is 11.6. The zero-order valence-corrected chi connectivity index (χ0v) is 19.5. The minimum Gasteiger partial charge on any atom is -0.497 e. The van der Waals surface area contributed by atoms with Crippen molar-refractivity contribution in [3.63, 3.8) is 0 Å². The van der Waals surface area contributed by atoms with Gasteiger partial charge in [-0.15, -0.1) is 0 Å². The smallest absolute Gasteiger partial charge is 0.193 e. The number of nitrogens with one attached hydrogen (secondary N) is 1. The van der Waals surface area contributed by atoms with Gasteiger partial charge in [0.15, 0.2) is 5.96 Å². The van der Waals surface area contributed by atoms with Crippen molar-refractivity contribution in [1.29, 1.82) is 0 Å². The molecule has 0 spiro atoms. The molecule has 0 bridgehead atoms. The van der Waals surface area contributed by atoms with Crippen LogP contribution in [0.4, 0.5) is 0 Å². The third-order valence-corrected chi connectivity index (χ3v) is 6.46. The molecule has 8 heteroatoms. The number of aromatic nitrogens is 2. The lowest BCUT2D eigenvalue weighted by atomic mass is 10.0. The Morgan fingerprint density at radius 1 is 1.22 bits per heavy atom. The average molecular weight is 441 g/mol. The molecule has 4 rings (SSSR count). The van der Waals surface area contributed by atoms with Gasteiger partial charge in [0.05, 0.1) is 32.5 Å². The molecule has 32 heavy (non-hydrogen) atoms. The van der Waals surface area contributed by atoms with Crippen molar-refractivity contribution in [1.82, 2.24) is 24.9 Å². The molecule has 2 unspecified atom stereocenters. The van der Waals surface area contributed by atoms with E-state index < -0.39 is 0 Å². The number of ether oxygens (including phenoxy) is 2. The summed E-state index contributed by atoms with van der Waals surface area (Å²) < 4.78 is 13.2. The summed E-state index contributed by atoms with van der Waals surface area (Å²) in [6.07, 6.45) is 7.77. The van der Waals surface area contributed by atoms with Crippen LogP contribution in [-0.4, -0.2) is 79.0 Å². The van der Waals surface area contributed by atoms with Crippen LogP contribution in [0.2, 0.25) is 0 Å². The number of aryl methyl sites for hydroxylation is 1. The number of hydrogen-bond donors (Lipinski definition) is 1. The highest BCUT2D eigenvalue weighted by Gasteiger charge is 2.27. The van der Waals surface area contributed by atoms with Crippen molar-refractivity contribution < 1.29 is 9.47 Å². The van der Waals surface area contributed by atoms with Crippen LogP contribution in [0.3, 0.4) is 0 Å². The largest absolute Gasteiger partial charge is 0.497 e. The van der Waals surface area contributed by atoms with E-state index in [1.54, 1.807) is 7.11 Å². The summed E-state index contributed by atoms with van der Waals surface area (Å²) in [5, 5.41) is 7.96. The molecule has 174 valence electrons. The number of methoxy groups -OCH3 is 1. The molecular formula is C24H36N6O2. The molecule has 0 saturated carbocycles. The van der Waals surface area contributed by atoms with Gasteiger partial charge < -0.3 is 19.7 Å². The summed E-state index contributed by atoms with van der Waals surface area (Å²) in [6, 6.07) is 8.79. The molecular weight excluding hydrogens is 404 g/mol. The second-order valence-electron chi connectivity index (χ2n) is 8.57. The van der Waals surface area contributed by atoms with E-state index in [1.807, 2.05) is 31.2 Å². The first-order valence-electron chi connectivity index (χ1n) is 11.6. The first-order chi connectivity index (χ1) is 15.7. The third kappa shape index (κ3) is 5.42. The van der Waals surface area contributed by atoms with Gasteiger partial charge in [-0.3, -0.25) is 14.6 Å². The van der Waals surface area contributed by atoms with Crippen molar-refractivity contribution in [2.45, 2.75) is 31.4 Å². The molecule has 1 aromatic heterocycles. The lowest BCUT2D eigenvalue weighted by Gasteiger charge is -2.38. The molecule has 0 amide bonds. The SMILES string of the molecule is CN=C(NCC(c1ccc(OC)cc1)N1CCCCC1)N1CCOC(c2cnn(C)c2)C1. The van der Waals surface area contributed by atoms with Crippen molar-refractivity contribution in [3.05, 3.63) is 47.8 Å². The Labute approximate surface area is 191 Å². The van der Waals surface area contributed by atoms with Crippen LogP contribution in [-0.2, 0) is 11.8 Å². The van der Waals surface area contributed by atoms with Crippen LogP contribution in [0.15, 0.2) is 41.7 Å². The van der Waals surface area contributed by atoms with E-state index in [0.29, 0.717) is 12.6 Å². The van der Waals surface area contributed by atoms with Crippen LogP contribution < -0.4 is 10.1 Å². The Hall–Kier alpha value is -2.58. The monoisotopic (exact) mass is 440 g/mol. The lowest BCUT2D eigenvalue weighted by molar-refractivity contribution is -0.00816. The molecule has 8 nitrogen and oxygen atoms in total. The standard InChI is InChI=1S/C24H36N6O2/c1-25-24(30-13-14-32-23(18-30)20-15-27-28(2)17-20)26-16-22(29-11-5-4-6-12-29)19-7-9-21(31-3)10-8-19/h7-10,15,17,22-23H,4-6,11-14,16,18H2,1-3H3,(H,25,26). The van der Waals surface area contributed by atoms with Gasteiger partial charge in [0.1, 0.15) is 11.9 Å². The highest BCUT2D eigenvalue weighted by atomic mass is 16.5. The van der Waals surface area contributed by atoms with Crippen LogP contribution in [0, 0.1) is 0 Å².